The Balaban J connectivity index is 1.88. The molecular weight excluding hydrogens is 287 g/mol. The molecule has 0 radical (unpaired) electrons. The highest BCUT2D eigenvalue weighted by Crippen LogP contribution is 2.29. The third-order valence-electron chi connectivity index (χ3n) is 3.59. The number of pyridine rings is 1. The number of ether oxygens (including phenoxy) is 1. The number of nitrogens with one attached hydrogen (secondary N) is 1. The van der Waals surface area contributed by atoms with Crippen molar-refractivity contribution in [1.29, 1.82) is 0 Å². The lowest BCUT2D eigenvalue weighted by molar-refractivity contribution is -0.141. The van der Waals surface area contributed by atoms with E-state index in [2.05, 4.69) is 10.3 Å². The van der Waals surface area contributed by atoms with E-state index in [-0.39, 0.29) is 24.4 Å². The predicted octanol–water partition coefficient (Wildman–Crippen LogP) is 1.05. The second-order valence-corrected chi connectivity index (χ2v) is 5.22. The number of halogens is 3. The number of hydrogen-bond donors (Lipinski definition) is 1. The molecular formula is C13H14F3N3O2. The largest absolute Gasteiger partial charge is 0.433 e. The molecule has 2 aliphatic rings. The molecule has 1 aromatic heterocycles. The zero-order valence-electron chi connectivity index (χ0n) is 11.1. The SMILES string of the molecule is O=C1N[C@@H]2COC[C@H]1CN(c1cccc(C(F)(F)F)n1)C2. The first kappa shape index (κ1) is 14.1. The predicted molar refractivity (Wildman–Crippen MR) is 67.7 cm³/mol. The molecule has 2 fully saturated rings. The summed E-state index contributed by atoms with van der Waals surface area (Å²) in [5, 5.41) is 2.83. The molecule has 114 valence electrons. The summed E-state index contributed by atoms with van der Waals surface area (Å²) < 4.78 is 43.6. The summed E-state index contributed by atoms with van der Waals surface area (Å²) in [6.45, 7) is 1.32. The molecule has 3 heterocycles. The standard InChI is InChI=1S/C13H14F3N3O2/c14-13(15,16)10-2-1-3-11(18-10)19-4-8-6-21-7-9(5-19)17-12(8)20/h1-3,8-9H,4-7H2,(H,17,20)/t8-,9+/m1/s1. The molecule has 1 aromatic rings. The van der Waals surface area contributed by atoms with E-state index in [1.54, 1.807) is 4.90 Å². The van der Waals surface area contributed by atoms with E-state index in [1.165, 1.54) is 12.1 Å². The number of nitrogens with zero attached hydrogens (tertiary/aromatic N) is 2. The van der Waals surface area contributed by atoms with Crippen LogP contribution in [0.5, 0.6) is 0 Å². The number of fused-ring (bicyclic) bond motifs is 3. The van der Waals surface area contributed by atoms with E-state index in [0.29, 0.717) is 19.7 Å². The molecule has 2 bridgehead atoms. The van der Waals surface area contributed by atoms with Crippen LogP contribution < -0.4 is 10.2 Å². The van der Waals surface area contributed by atoms with Crippen LogP contribution in [0.3, 0.4) is 0 Å². The van der Waals surface area contributed by atoms with Crippen molar-refractivity contribution in [3.05, 3.63) is 23.9 Å². The minimum absolute atomic E-state index is 0.119. The van der Waals surface area contributed by atoms with E-state index in [4.69, 9.17) is 4.74 Å². The Hall–Kier alpha value is -1.83. The topological polar surface area (TPSA) is 54.5 Å². The fraction of sp³-hybridized carbons (Fsp3) is 0.538. The normalized spacial score (nSPS) is 26.2. The van der Waals surface area contributed by atoms with E-state index in [1.807, 2.05) is 0 Å². The monoisotopic (exact) mass is 301 g/mol. The number of amides is 1. The Bertz CT molecular complexity index is 550. The average molecular weight is 301 g/mol. The number of alkyl halides is 3. The van der Waals surface area contributed by atoms with Crippen LogP contribution in [0.4, 0.5) is 19.0 Å². The van der Waals surface area contributed by atoms with Crippen LogP contribution in [-0.2, 0) is 15.7 Å². The van der Waals surface area contributed by atoms with Gasteiger partial charge in [-0.3, -0.25) is 4.79 Å². The van der Waals surface area contributed by atoms with Crippen molar-refractivity contribution in [2.24, 2.45) is 5.92 Å². The fourth-order valence-electron chi connectivity index (χ4n) is 2.57. The number of rotatable bonds is 1. The quantitative estimate of drug-likeness (QED) is 0.842. The third kappa shape index (κ3) is 2.94. The molecule has 21 heavy (non-hydrogen) atoms. The van der Waals surface area contributed by atoms with Crippen LogP contribution in [0.25, 0.3) is 0 Å². The molecule has 1 N–H and O–H groups in total. The summed E-state index contributed by atoms with van der Waals surface area (Å²) in [4.78, 5) is 17.3. The number of carbonyl (C=O) groups is 1. The van der Waals surface area contributed by atoms with Gasteiger partial charge in [0.25, 0.3) is 0 Å². The maximum atomic E-state index is 12.7. The molecule has 2 aliphatic heterocycles. The molecule has 1 amide bonds. The van der Waals surface area contributed by atoms with Crippen molar-refractivity contribution >= 4 is 11.7 Å². The van der Waals surface area contributed by atoms with E-state index in [0.717, 1.165) is 6.07 Å². The van der Waals surface area contributed by atoms with Crippen molar-refractivity contribution in [2.45, 2.75) is 12.2 Å². The first-order chi connectivity index (χ1) is 9.93. The van der Waals surface area contributed by atoms with Gasteiger partial charge in [-0.1, -0.05) is 6.07 Å². The Kier molecular flexibility index (Phi) is 3.48. The first-order valence-electron chi connectivity index (χ1n) is 6.61. The van der Waals surface area contributed by atoms with Crippen molar-refractivity contribution in [1.82, 2.24) is 10.3 Å². The summed E-state index contributed by atoms with van der Waals surface area (Å²) in [6, 6.07) is 3.56. The highest BCUT2D eigenvalue weighted by Gasteiger charge is 2.36. The average Bonchev–Trinajstić information content (AvgIpc) is 2.66. The second-order valence-electron chi connectivity index (χ2n) is 5.22. The Labute approximate surface area is 119 Å². The van der Waals surface area contributed by atoms with Crippen molar-refractivity contribution in [3.8, 4) is 0 Å². The van der Waals surface area contributed by atoms with Crippen LogP contribution in [0.1, 0.15) is 5.69 Å². The van der Waals surface area contributed by atoms with Crippen LogP contribution in [0.15, 0.2) is 18.2 Å². The van der Waals surface area contributed by atoms with E-state index >= 15 is 0 Å². The van der Waals surface area contributed by atoms with Gasteiger partial charge in [0, 0.05) is 13.1 Å². The smallest absolute Gasteiger partial charge is 0.378 e. The zero-order chi connectivity index (χ0) is 15.0. The molecule has 2 saturated heterocycles. The third-order valence-corrected chi connectivity index (χ3v) is 3.59. The zero-order valence-corrected chi connectivity index (χ0v) is 11.1. The van der Waals surface area contributed by atoms with Crippen LogP contribution >= 0.6 is 0 Å². The number of carbonyl (C=O) groups excluding carboxylic acids is 1. The fourth-order valence-corrected chi connectivity index (χ4v) is 2.57. The maximum absolute atomic E-state index is 12.7. The lowest BCUT2D eigenvalue weighted by Gasteiger charge is -2.28. The van der Waals surface area contributed by atoms with Gasteiger partial charge in [-0.15, -0.1) is 0 Å². The van der Waals surface area contributed by atoms with Gasteiger partial charge in [-0.05, 0) is 12.1 Å². The Morgan fingerprint density at radius 3 is 2.86 bits per heavy atom. The number of anilines is 1. The summed E-state index contributed by atoms with van der Waals surface area (Å²) in [7, 11) is 0. The van der Waals surface area contributed by atoms with E-state index in [9.17, 15) is 18.0 Å². The Morgan fingerprint density at radius 1 is 1.29 bits per heavy atom. The van der Waals surface area contributed by atoms with Gasteiger partial charge >= 0.3 is 6.18 Å². The van der Waals surface area contributed by atoms with Crippen molar-refractivity contribution < 1.29 is 22.7 Å². The maximum Gasteiger partial charge on any atom is 0.433 e. The molecule has 8 heteroatoms. The summed E-state index contributed by atoms with van der Waals surface area (Å²) in [5.41, 5.74) is -0.926. The first-order valence-corrected chi connectivity index (χ1v) is 6.61. The van der Waals surface area contributed by atoms with Gasteiger partial charge in [0.15, 0.2) is 0 Å². The summed E-state index contributed by atoms with van der Waals surface area (Å²) >= 11 is 0. The molecule has 0 aromatic carbocycles. The summed E-state index contributed by atoms with van der Waals surface area (Å²) in [5.74, 6) is -0.279. The molecule has 3 rings (SSSR count). The van der Waals surface area contributed by atoms with Gasteiger partial charge in [0.1, 0.15) is 11.5 Å². The second kappa shape index (κ2) is 5.18. The Morgan fingerprint density at radius 2 is 2.10 bits per heavy atom. The van der Waals surface area contributed by atoms with E-state index < -0.39 is 17.8 Å². The minimum atomic E-state index is -4.48. The van der Waals surface area contributed by atoms with Gasteiger partial charge in [0.2, 0.25) is 5.91 Å². The highest BCUT2D eigenvalue weighted by molar-refractivity contribution is 5.80. The van der Waals surface area contributed by atoms with Crippen LogP contribution in [-0.4, -0.2) is 43.2 Å². The van der Waals surface area contributed by atoms with Gasteiger partial charge in [-0.2, -0.15) is 13.2 Å². The number of hydrogen-bond acceptors (Lipinski definition) is 4. The minimum Gasteiger partial charge on any atom is -0.378 e. The highest BCUT2D eigenvalue weighted by atomic mass is 19.4. The molecule has 0 spiro atoms. The molecule has 0 saturated carbocycles. The van der Waals surface area contributed by atoms with Gasteiger partial charge in [0.05, 0.1) is 25.2 Å². The number of aromatic nitrogens is 1. The van der Waals surface area contributed by atoms with Gasteiger partial charge in [-0.25, -0.2) is 4.98 Å². The van der Waals surface area contributed by atoms with Crippen molar-refractivity contribution in [3.63, 3.8) is 0 Å². The lowest BCUT2D eigenvalue weighted by Crippen LogP contribution is -2.42. The molecule has 2 atom stereocenters. The molecule has 0 aliphatic carbocycles. The summed E-state index contributed by atoms with van der Waals surface area (Å²) in [6.07, 6.45) is -4.48. The lowest BCUT2D eigenvalue weighted by atomic mass is 10.1. The molecule has 0 unspecified atom stereocenters. The van der Waals surface area contributed by atoms with Crippen LogP contribution in [0, 0.1) is 5.92 Å². The molecule has 5 nitrogen and oxygen atoms in total. The van der Waals surface area contributed by atoms with Crippen LogP contribution in [0.2, 0.25) is 0 Å². The van der Waals surface area contributed by atoms with Gasteiger partial charge < -0.3 is 15.0 Å². The van der Waals surface area contributed by atoms with Crippen molar-refractivity contribution in [2.75, 3.05) is 31.2 Å².